The van der Waals surface area contributed by atoms with Crippen molar-refractivity contribution >= 4 is 11.9 Å². The maximum Gasteiger partial charge on any atom is 0.314 e. The van der Waals surface area contributed by atoms with E-state index in [0.717, 1.165) is 5.56 Å². The zero-order chi connectivity index (χ0) is 19.4. The zero-order valence-corrected chi connectivity index (χ0v) is 15.6. The summed E-state index contributed by atoms with van der Waals surface area (Å²) >= 11 is 0. The van der Waals surface area contributed by atoms with Crippen molar-refractivity contribution in [3.8, 4) is 5.75 Å². The summed E-state index contributed by atoms with van der Waals surface area (Å²) in [5, 5.41) is 20.6. The first-order chi connectivity index (χ1) is 13.0. The summed E-state index contributed by atoms with van der Waals surface area (Å²) in [4.78, 5) is 26.8. The molecule has 0 spiro atoms. The molecule has 148 valence electrons. The highest BCUT2D eigenvalue weighted by molar-refractivity contribution is 5.82. The summed E-state index contributed by atoms with van der Waals surface area (Å²) in [6.45, 7) is 1.50. The largest absolute Gasteiger partial charge is 0.497 e. The van der Waals surface area contributed by atoms with Crippen molar-refractivity contribution in [2.75, 3.05) is 33.4 Å². The number of aliphatic hydroxyl groups excluding tert-OH is 1. The van der Waals surface area contributed by atoms with E-state index in [0.29, 0.717) is 38.3 Å². The van der Waals surface area contributed by atoms with Gasteiger partial charge in [-0.3, -0.25) is 9.59 Å². The van der Waals surface area contributed by atoms with E-state index < -0.39 is 17.5 Å². The van der Waals surface area contributed by atoms with Crippen LogP contribution >= 0.6 is 0 Å². The van der Waals surface area contributed by atoms with Gasteiger partial charge in [0.1, 0.15) is 11.2 Å². The van der Waals surface area contributed by atoms with Crippen molar-refractivity contribution in [3.05, 3.63) is 29.8 Å². The van der Waals surface area contributed by atoms with E-state index in [2.05, 4.69) is 0 Å². The van der Waals surface area contributed by atoms with Crippen LogP contribution in [0.5, 0.6) is 5.75 Å². The minimum atomic E-state index is -1.43. The van der Waals surface area contributed by atoms with Gasteiger partial charge in [0, 0.05) is 32.2 Å². The van der Waals surface area contributed by atoms with Gasteiger partial charge < -0.3 is 24.6 Å². The first-order valence-electron chi connectivity index (χ1n) is 9.37. The number of aliphatic hydroxyl groups is 1. The summed E-state index contributed by atoms with van der Waals surface area (Å²) < 4.78 is 10.5. The molecule has 3 rings (SSSR count). The quantitative estimate of drug-likeness (QED) is 0.804. The molecule has 2 N–H and O–H groups in total. The number of piperidine rings is 1. The number of carbonyl (C=O) groups excluding carboxylic acids is 1. The lowest BCUT2D eigenvalue weighted by Gasteiger charge is -2.44. The van der Waals surface area contributed by atoms with Gasteiger partial charge in [-0.15, -0.1) is 0 Å². The number of likely N-dealkylation sites (tertiary alicyclic amines) is 1. The number of hydrogen-bond donors (Lipinski definition) is 2. The second-order valence-corrected chi connectivity index (χ2v) is 7.44. The van der Waals surface area contributed by atoms with E-state index in [1.807, 2.05) is 6.07 Å². The molecule has 0 saturated carbocycles. The summed E-state index contributed by atoms with van der Waals surface area (Å²) in [7, 11) is 1.55. The molecule has 7 nitrogen and oxygen atoms in total. The van der Waals surface area contributed by atoms with Gasteiger partial charge in [0.05, 0.1) is 13.2 Å². The van der Waals surface area contributed by atoms with Crippen LogP contribution in [0.25, 0.3) is 0 Å². The molecule has 2 aliphatic heterocycles. The predicted molar refractivity (Wildman–Crippen MR) is 97.5 cm³/mol. The number of carbonyl (C=O) groups is 2. The van der Waals surface area contributed by atoms with Gasteiger partial charge in [-0.1, -0.05) is 12.1 Å². The standard InChI is InChI=1S/C20H27NO6/c1-26-16-4-2-3-14(11-16)12-20(19(24)25)13-21(8-5-17(20)22)18(23)15-6-9-27-10-7-15/h2-4,11,15,17,22H,5-10,12-13H2,1H3,(H,24,25)/t17-,20+/m0/s1. The average molecular weight is 377 g/mol. The fourth-order valence-electron chi connectivity index (χ4n) is 4.08. The summed E-state index contributed by atoms with van der Waals surface area (Å²) in [6.07, 6.45) is 0.700. The number of hydrogen-bond acceptors (Lipinski definition) is 5. The van der Waals surface area contributed by atoms with Gasteiger partial charge in [0.15, 0.2) is 0 Å². The molecule has 1 aromatic rings. The maximum atomic E-state index is 12.9. The molecule has 0 aromatic heterocycles. The number of carboxylic acid groups (broad SMARTS) is 1. The zero-order valence-electron chi connectivity index (χ0n) is 15.6. The van der Waals surface area contributed by atoms with Crippen LogP contribution in [0.1, 0.15) is 24.8 Å². The van der Waals surface area contributed by atoms with Crippen molar-refractivity contribution < 1.29 is 29.3 Å². The smallest absolute Gasteiger partial charge is 0.314 e. The van der Waals surface area contributed by atoms with Crippen molar-refractivity contribution in [2.24, 2.45) is 11.3 Å². The molecule has 1 aromatic carbocycles. The van der Waals surface area contributed by atoms with Crippen molar-refractivity contribution in [1.29, 1.82) is 0 Å². The Morgan fingerprint density at radius 2 is 2.04 bits per heavy atom. The number of benzene rings is 1. The topological polar surface area (TPSA) is 96.3 Å². The Balaban J connectivity index is 1.82. The maximum absolute atomic E-state index is 12.9. The number of nitrogens with zero attached hydrogens (tertiary/aromatic N) is 1. The van der Waals surface area contributed by atoms with Crippen LogP contribution in [-0.4, -0.2) is 66.5 Å². The number of carboxylic acids is 1. The lowest BCUT2D eigenvalue weighted by atomic mass is 9.72. The molecule has 2 heterocycles. The average Bonchev–Trinajstić information content (AvgIpc) is 2.69. The van der Waals surface area contributed by atoms with Crippen molar-refractivity contribution in [1.82, 2.24) is 4.90 Å². The molecule has 0 unspecified atom stereocenters. The number of ether oxygens (including phenoxy) is 2. The lowest BCUT2D eigenvalue weighted by Crippen LogP contribution is -2.59. The molecule has 2 saturated heterocycles. The normalized spacial score (nSPS) is 26.6. The molecule has 2 atom stereocenters. The molecule has 0 bridgehead atoms. The van der Waals surface area contributed by atoms with E-state index in [9.17, 15) is 19.8 Å². The number of aliphatic carboxylic acids is 1. The van der Waals surface area contributed by atoms with E-state index in [-0.39, 0.29) is 31.2 Å². The second kappa shape index (κ2) is 8.27. The van der Waals surface area contributed by atoms with Crippen LogP contribution in [-0.2, 0) is 20.7 Å². The lowest BCUT2D eigenvalue weighted by molar-refractivity contribution is -0.167. The highest BCUT2D eigenvalue weighted by Gasteiger charge is 2.50. The van der Waals surface area contributed by atoms with Crippen molar-refractivity contribution in [2.45, 2.75) is 31.8 Å². The van der Waals surface area contributed by atoms with E-state index in [4.69, 9.17) is 9.47 Å². The van der Waals surface area contributed by atoms with Gasteiger partial charge in [0.25, 0.3) is 0 Å². The van der Waals surface area contributed by atoms with Crippen LogP contribution in [0.3, 0.4) is 0 Å². The number of amides is 1. The van der Waals surface area contributed by atoms with Crippen LogP contribution in [0.2, 0.25) is 0 Å². The number of rotatable bonds is 5. The molecule has 27 heavy (non-hydrogen) atoms. The number of methoxy groups -OCH3 is 1. The van der Waals surface area contributed by atoms with Crippen LogP contribution in [0.4, 0.5) is 0 Å². The van der Waals surface area contributed by atoms with E-state index >= 15 is 0 Å². The highest BCUT2D eigenvalue weighted by Crippen LogP contribution is 2.36. The fourth-order valence-corrected chi connectivity index (χ4v) is 4.08. The Bertz CT molecular complexity index is 687. The predicted octanol–water partition coefficient (Wildman–Crippen LogP) is 1.33. The van der Waals surface area contributed by atoms with Gasteiger partial charge >= 0.3 is 5.97 Å². The molecular weight excluding hydrogens is 350 g/mol. The fraction of sp³-hybridized carbons (Fsp3) is 0.600. The summed E-state index contributed by atoms with van der Waals surface area (Å²) in [5.74, 6) is -0.602. The van der Waals surface area contributed by atoms with Crippen LogP contribution < -0.4 is 4.74 Å². The van der Waals surface area contributed by atoms with Crippen LogP contribution in [0, 0.1) is 11.3 Å². The van der Waals surface area contributed by atoms with E-state index in [1.54, 1.807) is 30.2 Å². The molecule has 7 heteroatoms. The van der Waals surface area contributed by atoms with Gasteiger partial charge in [-0.05, 0) is 43.4 Å². The van der Waals surface area contributed by atoms with E-state index in [1.165, 1.54) is 0 Å². The van der Waals surface area contributed by atoms with Crippen LogP contribution in [0.15, 0.2) is 24.3 Å². The third kappa shape index (κ3) is 4.09. The molecule has 2 aliphatic rings. The molecule has 1 amide bonds. The SMILES string of the molecule is COc1cccc(C[C@@]2(C(=O)O)CN(C(=O)C3CCOCC3)CC[C@@H]2O)c1. The summed E-state index contributed by atoms with van der Waals surface area (Å²) in [6, 6.07) is 7.18. The van der Waals surface area contributed by atoms with Gasteiger partial charge in [-0.2, -0.15) is 0 Å². The Labute approximate surface area is 158 Å². The molecule has 0 aliphatic carbocycles. The molecular formula is C20H27NO6. The Kier molecular flexibility index (Phi) is 6.01. The third-order valence-corrected chi connectivity index (χ3v) is 5.75. The second-order valence-electron chi connectivity index (χ2n) is 7.44. The first kappa shape index (κ1) is 19.6. The molecule has 0 radical (unpaired) electrons. The Morgan fingerprint density at radius 1 is 1.30 bits per heavy atom. The minimum Gasteiger partial charge on any atom is -0.497 e. The Morgan fingerprint density at radius 3 is 2.70 bits per heavy atom. The molecule has 2 fully saturated rings. The highest BCUT2D eigenvalue weighted by atomic mass is 16.5. The summed E-state index contributed by atoms with van der Waals surface area (Å²) in [5.41, 5.74) is -0.665. The first-order valence-corrected chi connectivity index (χ1v) is 9.37. The third-order valence-electron chi connectivity index (χ3n) is 5.75. The van der Waals surface area contributed by atoms with Gasteiger partial charge in [0.2, 0.25) is 5.91 Å². The van der Waals surface area contributed by atoms with Gasteiger partial charge in [-0.25, -0.2) is 0 Å². The Hall–Kier alpha value is -2.12. The monoisotopic (exact) mass is 377 g/mol. The van der Waals surface area contributed by atoms with Crippen molar-refractivity contribution in [3.63, 3.8) is 0 Å². The minimum absolute atomic E-state index is 0.0108.